The highest BCUT2D eigenvalue weighted by atomic mass is 16.4. The number of hydrogen-bond acceptors (Lipinski definition) is 3. The van der Waals surface area contributed by atoms with Gasteiger partial charge in [-0.25, -0.2) is 9.80 Å². The molecule has 0 unspecified atom stereocenters. The van der Waals surface area contributed by atoms with Crippen molar-refractivity contribution in [2.45, 2.75) is 12.8 Å². The first kappa shape index (κ1) is 11.3. The maximum absolute atomic E-state index is 11.5. The highest BCUT2D eigenvalue weighted by Crippen LogP contribution is 2.10. The molecule has 5 nitrogen and oxygen atoms in total. The normalized spacial score (nSPS) is 14.9. The summed E-state index contributed by atoms with van der Waals surface area (Å²) in [5.41, 5.74) is 1.02. The average molecular weight is 232 g/mol. The van der Waals surface area contributed by atoms with Gasteiger partial charge in [-0.05, 0) is 12.0 Å². The summed E-state index contributed by atoms with van der Waals surface area (Å²) in [5, 5.41) is 13.7. The summed E-state index contributed by atoms with van der Waals surface area (Å²) >= 11 is 0. The van der Waals surface area contributed by atoms with Crippen molar-refractivity contribution in [2.24, 2.45) is 5.10 Å². The summed E-state index contributed by atoms with van der Waals surface area (Å²) in [6.45, 7) is 0.416. The summed E-state index contributed by atoms with van der Waals surface area (Å²) < 4.78 is 0. The van der Waals surface area contributed by atoms with Crippen molar-refractivity contribution in [3.8, 4) is 0 Å². The third-order valence-corrected chi connectivity index (χ3v) is 2.55. The van der Waals surface area contributed by atoms with Crippen molar-refractivity contribution >= 4 is 17.6 Å². The van der Waals surface area contributed by atoms with Crippen LogP contribution >= 0.6 is 0 Å². The Morgan fingerprint density at radius 3 is 2.65 bits per heavy atom. The number of hydrazone groups is 1. The molecule has 17 heavy (non-hydrogen) atoms. The lowest BCUT2D eigenvalue weighted by atomic mass is 10.1. The van der Waals surface area contributed by atoms with Gasteiger partial charge < -0.3 is 5.11 Å². The summed E-state index contributed by atoms with van der Waals surface area (Å²) in [5.74, 6) is -1.38. The van der Waals surface area contributed by atoms with Gasteiger partial charge >= 0.3 is 5.97 Å². The van der Waals surface area contributed by atoms with Crippen LogP contribution in [0.1, 0.15) is 12.0 Å². The van der Waals surface area contributed by atoms with Gasteiger partial charge in [0.2, 0.25) is 5.91 Å². The smallest absolute Gasteiger partial charge is 0.352 e. The third-order valence-electron chi connectivity index (χ3n) is 2.55. The van der Waals surface area contributed by atoms with Gasteiger partial charge in [0, 0.05) is 6.54 Å². The fourth-order valence-electron chi connectivity index (χ4n) is 1.64. The lowest BCUT2D eigenvalue weighted by molar-refractivity contribution is -0.130. The highest BCUT2D eigenvalue weighted by molar-refractivity contribution is 6.40. The Hall–Kier alpha value is -2.17. The van der Waals surface area contributed by atoms with Gasteiger partial charge in [0.05, 0.1) is 6.42 Å². The van der Waals surface area contributed by atoms with E-state index in [4.69, 9.17) is 5.11 Å². The molecule has 1 aromatic carbocycles. The van der Waals surface area contributed by atoms with E-state index in [1.807, 2.05) is 30.3 Å². The van der Waals surface area contributed by atoms with Crippen LogP contribution < -0.4 is 0 Å². The van der Waals surface area contributed by atoms with E-state index >= 15 is 0 Å². The molecule has 0 radical (unpaired) electrons. The number of carbonyl (C=O) groups excluding carboxylic acids is 1. The molecule has 0 aliphatic carbocycles. The second kappa shape index (κ2) is 4.78. The minimum atomic E-state index is -1.12. The molecule has 1 heterocycles. The van der Waals surface area contributed by atoms with E-state index in [9.17, 15) is 9.59 Å². The number of amides is 1. The minimum absolute atomic E-state index is 0.0805. The SMILES string of the molecule is O=C(O)C1=NN(CCc2ccccc2)C(=O)C1. The van der Waals surface area contributed by atoms with Crippen LogP contribution in [0.2, 0.25) is 0 Å². The second-order valence-electron chi connectivity index (χ2n) is 3.78. The Balaban J connectivity index is 1.96. The Morgan fingerprint density at radius 2 is 2.06 bits per heavy atom. The van der Waals surface area contributed by atoms with Gasteiger partial charge in [0.15, 0.2) is 5.71 Å². The monoisotopic (exact) mass is 232 g/mol. The molecule has 88 valence electrons. The molecular formula is C12H12N2O3. The molecule has 0 spiro atoms. The predicted octanol–water partition coefficient (Wildman–Crippen LogP) is 0.902. The van der Waals surface area contributed by atoms with Gasteiger partial charge in [0.1, 0.15) is 0 Å². The molecule has 0 saturated heterocycles. The maximum Gasteiger partial charge on any atom is 0.352 e. The Morgan fingerprint density at radius 1 is 1.35 bits per heavy atom. The molecule has 1 aliphatic rings. The van der Waals surface area contributed by atoms with Crippen LogP contribution in [0.25, 0.3) is 0 Å². The Labute approximate surface area is 98.4 Å². The first-order valence-electron chi connectivity index (χ1n) is 5.32. The molecule has 0 fully saturated rings. The molecule has 2 rings (SSSR count). The topological polar surface area (TPSA) is 70.0 Å². The van der Waals surface area contributed by atoms with Crippen LogP contribution in [0.15, 0.2) is 35.4 Å². The number of nitrogens with zero attached hydrogens (tertiary/aromatic N) is 2. The summed E-state index contributed by atoms with van der Waals surface area (Å²) in [6.07, 6.45) is 0.563. The molecule has 0 atom stereocenters. The zero-order valence-electron chi connectivity index (χ0n) is 9.17. The van der Waals surface area contributed by atoms with Crippen molar-refractivity contribution in [2.75, 3.05) is 6.54 Å². The van der Waals surface area contributed by atoms with Gasteiger partial charge in [0.25, 0.3) is 0 Å². The van der Waals surface area contributed by atoms with Crippen LogP contribution in [0, 0.1) is 0 Å². The van der Waals surface area contributed by atoms with Crippen LogP contribution in [-0.4, -0.2) is 34.2 Å². The summed E-state index contributed by atoms with van der Waals surface area (Å²) in [7, 11) is 0. The van der Waals surface area contributed by atoms with Gasteiger partial charge in [-0.15, -0.1) is 0 Å². The minimum Gasteiger partial charge on any atom is -0.477 e. The number of aliphatic carboxylic acids is 1. The number of hydrogen-bond donors (Lipinski definition) is 1. The summed E-state index contributed by atoms with van der Waals surface area (Å²) in [6, 6.07) is 9.69. The van der Waals surface area contributed by atoms with Crippen molar-refractivity contribution in [1.29, 1.82) is 0 Å². The van der Waals surface area contributed by atoms with Crippen molar-refractivity contribution in [1.82, 2.24) is 5.01 Å². The lowest BCUT2D eigenvalue weighted by Gasteiger charge is -2.10. The Bertz CT molecular complexity index is 468. The number of carboxylic acid groups (broad SMARTS) is 1. The van der Waals surface area contributed by atoms with E-state index in [1.54, 1.807) is 0 Å². The first-order valence-corrected chi connectivity index (χ1v) is 5.32. The molecule has 0 saturated carbocycles. The molecule has 5 heteroatoms. The molecule has 0 aromatic heterocycles. The second-order valence-corrected chi connectivity index (χ2v) is 3.78. The fraction of sp³-hybridized carbons (Fsp3) is 0.250. The molecule has 1 aliphatic heterocycles. The summed E-state index contributed by atoms with van der Waals surface area (Å²) in [4.78, 5) is 22.1. The first-order chi connectivity index (χ1) is 8.16. The third kappa shape index (κ3) is 2.69. The van der Waals surface area contributed by atoms with Gasteiger partial charge in [-0.1, -0.05) is 30.3 Å². The molecule has 1 N–H and O–H groups in total. The van der Waals surface area contributed by atoms with E-state index in [0.29, 0.717) is 13.0 Å². The van der Waals surface area contributed by atoms with E-state index < -0.39 is 5.97 Å². The lowest BCUT2D eigenvalue weighted by Crippen LogP contribution is -2.23. The largest absolute Gasteiger partial charge is 0.477 e. The molecule has 0 bridgehead atoms. The van der Waals surface area contributed by atoms with Crippen LogP contribution in [-0.2, 0) is 16.0 Å². The van der Waals surface area contributed by atoms with Gasteiger partial charge in [-0.3, -0.25) is 4.79 Å². The van der Waals surface area contributed by atoms with E-state index in [1.165, 1.54) is 5.01 Å². The van der Waals surface area contributed by atoms with Crippen molar-refractivity contribution < 1.29 is 14.7 Å². The highest BCUT2D eigenvalue weighted by Gasteiger charge is 2.27. The molecule has 1 aromatic rings. The fourth-order valence-corrected chi connectivity index (χ4v) is 1.64. The van der Waals surface area contributed by atoms with E-state index in [0.717, 1.165) is 5.56 Å². The predicted molar refractivity (Wildman–Crippen MR) is 61.5 cm³/mol. The average Bonchev–Trinajstić information content (AvgIpc) is 2.70. The zero-order valence-corrected chi connectivity index (χ0v) is 9.17. The Kier molecular flexibility index (Phi) is 3.18. The van der Waals surface area contributed by atoms with E-state index in [2.05, 4.69) is 5.10 Å². The standard InChI is InChI=1S/C12H12N2O3/c15-11-8-10(12(16)17)13-14(11)7-6-9-4-2-1-3-5-9/h1-5H,6-8H2,(H,16,17). The quantitative estimate of drug-likeness (QED) is 0.838. The van der Waals surface area contributed by atoms with Crippen molar-refractivity contribution in [3.63, 3.8) is 0 Å². The number of rotatable bonds is 4. The van der Waals surface area contributed by atoms with Crippen molar-refractivity contribution in [3.05, 3.63) is 35.9 Å². The van der Waals surface area contributed by atoms with Gasteiger partial charge in [-0.2, -0.15) is 5.10 Å². The molecule has 1 amide bonds. The number of carbonyl (C=O) groups is 2. The van der Waals surface area contributed by atoms with E-state index in [-0.39, 0.29) is 18.0 Å². The van der Waals surface area contributed by atoms with Crippen LogP contribution in [0.4, 0.5) is 0 Å². The van der Waals surface area contributed by atoms with Crippen LogP contribution in [0.5, 0.6) is 0 Å². The number of benzene rings is 1. The number of carboxylic acids is 1. The molecular weight excluding hydrogens is 220 g/mol. The maximum atomic E-state index is 11.5. The zero-order chi connectivity index (χ0) is 12.3. The van der Waals surface area contributed by atoms with Crippen LogP contribution in [0.3, 0.4) is 0 Å².